The highest BCUT2D eigenvalue weighted by molar-refractivity contribution is 6.01. The van der Waals surface area contributed by atoms with Crippen molar-refractivity contribution in [3.05, 3.63) is 53.6 Å². The summed E-state index contributed by atoms with van der Waals surface area (Å²) in [7, 11) is 0. The fourth-order valence-corrected chi connectivity index (χ4v) is 2.47. The number of anilines is 1. The van der Waals surface area contributed by atoms with Crippen LogP contribution in [0.5, 0.6) is 0 Å². The molecular formula is C16H13FN2O4. The van der Waals surface area contributed by atoms with Gasteiger partial charge in [-0.15, -0.1) is 0 Å². The Morgan fingerprint density at radius 3 is 2.87 bits per heavy atom. The van der Waals surface area contributed by atoms with Gasteiger partial charge in [-0.2, -0.15) is 0 Å². The average Bonchev–Trinajstić information content (AvgIpc) is 3.05. The maximum absolute atomic E-state index is 13.2. The fourth-order valence-electron chi connectivity index (χ4n) is 2.47. The van der Waals surface area contributed by atoms with Gasteiger partial charge in [-0.1, -0.05) is 6.07 Å². The number of aromatic amines is 1. The van der Waals surface area contributed by atoms with E-state index in [1.54, 1.807) is 18.3 Å². The first-order valence-electron chi connectivity index (χ1n) is 6.97. The van der Waals surface area contributed by atoms with Gasteiger partial charge in [-0.3, -0.25) is 14.4 Å². The molecule has 0 fully saturated rings. The van der Waals surface area contributed by atoms with Crippen LogP contribution in [-0.4, -0.2) is 29.3 Å². The minimum Gasteiger partial charge on any atom is -0.457 e. The Labute approximate surface area is 130 Å². The zero-order valence-corrected chi connectivity index (χ0v) is 12.0. The Bertz CT molecular complexity index is 770. The van der Waals surface area contributed by atoms with Gasteiger partial charge in [0.05, 0.1) is 11.6 Å². The molecular weight excluding hydrogens is 303 g/mol. The summed E-state index contributed by atoms with van der Waals surface area (Å²) in [5, 5.41) is 2.51. The first-order chi connectivity index (χ1) is 11.0. The van der Waals surface area contributed by atoms with Crippen molar-refractivity contribution in [3.8, 4) is 0 Å². The normalized spacial score (nSPS) is 16.4. The van der Waals surface area contributed by atoms with Crippen LogP contribution in [0, 0.1) is 5.82 Å². The topological polar surface area (TPSA) is 88.3 Å². The second-order valence-corrected chi connectivity index (χ2v) is 5.15. The van der Waals surface area contributed by atoms with Crippen molar-refractivity contribution in [1.29, 1.82) is 0 Å². The Morgan fingerprint density at radius 2 is 2.13 bits per heavy atom. The van der Waals surface area contributed by atoms with Crippen molar-refractivity contribution >= 4 is 23.3 Å². The molecule has 2 N–H and O–H groups in total. The van der Waals surface area contributed by atoms with E-state index in [0.29, 0.717) is 11.3 Å². The van der Waals surface area contributed by atoms with Crippen LogP contribution in [0.25, 0.3) is 0 Å². The Kier molecular flexibility index (Phi) is 3.92. The van der Waals surface area contributed by atoms with Gasteiger partial charge in [0.15, 0.2) is 6.61 Å². The van der Waals surface area contributed by atoms with Gasteiger partial charge >= 0.3 is 5.97 Å². The van der Waals surface area contributed by atoms with Crippen LogP contribution in [0.15, 0.2) is 36.5 Å². The number of nitrogens with one attached hydrogen (secondary N) is 2. The minimum atomic E-state index is -0.851. The van der Waals surface area contributed by atoms with Crippen molar-refractivity contribution in [2.24, 2.45) is 0 Å². The molecule has 6 nitrogen and oxygen atoms in total. The number of ether oxygens (including phenoxy) is 1. The van der Waals surface area contributed by atoms with E-state index in [1.165, 1.54) is 12.1 Å². The molecule has 1 aliphatic rings. The number of amides is 1. The SMILES string of the molecule is O=C1CC(C(=O)OCC(=O)c2ccc[nH]2)c2ccc(F)cc2N1. The highest BCUT2D eigenvalue weighted by atomic mass is 19.1. The molecule has 3 rings (SSSR count). The van der Waals surface area contributed by atoms with Gasteiger partial charge in [0.2, 0.25) is 11.7 Å². The molecule has 1 aromatic heterocycles. The molecule has 1 aliphatic heterocycles. The minimum absolute atomic E-state index is 0.103. The third-order valence-corrected chi connectivity index (χ3v) is 3.58. The zero-order chi connectivity index (χ0) is 16.4. The molecule has 0 radical (unpaired) electrons. The summed E-state index contributed by atoms with van der Waals surface area (Å²) in [6, 6.07) is 7.02. The van der Waals surface area contributed by atoms with Crippen LogP contribution < -0.4 is 5.32 Å². The molecule has 0 bridgehead atoms. The summed E-state index contributed by atoms with van der Waals surface area (Å²) >= 11 is 0. The van der Waals surface area contributed by atoms with Crippen LogP contribution >= 0.6 is 0 Å². The molecule has 1 amide bonds. The van der Waals surface area contributed by atoms with Gasteiger partial charge in [-0.05, 0) is 29.8 Å². The molecule has 2 heterocycles. The number of hydrogen-bond acceptors (Lipinski definition) is 4. The van der Waals surface area contributed by atoms with E-state index >= 15 is 0 Å². The molecule has 1 aromatic carbocycles. The highest BCUT2D eigenvalue weighted by Crippen LogP contribution is 2.33. The number of esters is 1. The second-order valence-electron chi connectivity index (χ2n) is 5.15. The van der Waals surface area contributed by atoms with E-state index in [0.717, 1.165) is 6.07 Å². The third kappa shape index (κ3) is 3.13. The van der Waals surface area contributed by atoms with E-state index in [4.69, 9.17) is 4.74 Å². The van der Waals surface area contributed by atoms with Crippen molar-refractivity contribution in [2.75, 3.05) is 11.9 Å². The van der Waals surface area contributed by atoms with Gasteiger partial charge in [0.1, 0.15) is 5.82 Å². The Morgan fingerprint density at radius 1 is 1.30 bits per heavy atom. The predicted octanol–water partition coefficient (Wildman–Crippen LogP) is 2.01. The number of carbonyl (C=O) groups excluding carboxylic acids is 3. The van der Waals surface area contributed by atoms with Crippen molar-refractivity contribution < 1.29 is 23.5 Å². The number of rotatable bonds is 4. The number of benzene rings is 1. The number of Topliss-reactive ketones (excluding diaryl/α,β-unsaturated/α-hetero) is 1. The number of hydrogen-bond donors (Lipinski definition) is 2. The fraction of sp³-hybridized carbons (Fsp3) is 0.188. The van der Waals surface area contributed by atoms with E-state index in [2.05, 4.69) is 10.3 Å². The molecule has 7 heteroatoms. The number of halogens is 1. The molecule has 0 spiro atoms. The van der Waals surface area contributed by atoms with Gasteiger partial charge < -0.3 is 15.0 Å². The number of H-pyrrole nitrogens is 1. The molecule has 118 valence electrons. The lowest BCUT2D eigenvalue weighted by atomic mass is 9.90. The van der Waals surface area contributed by atoms with Crippen molar-refractivity contribution in [1.82, 2.24) is 4.98 Å². The summed E-state index contributed by atoms with van der Waals surface area (Å²) in [5.74, 6) is -2.83. The summed E-state index contributed by atoms with van der Waals surface area (Å²) in [6.07, 6.45) is 1.49. The first kappa shape index (κ1) is 15.0. The lowest BCUT2D eigenvalue weighted by Gasteiger charge is -2.24. The van der Waals surface area contributed by atoms with Crippen molar-refractivity contribution in [3.63, 3.8) is 0 Å². The number of fused-ring (bicyclic) bond motifs is 1. The maximum Gasteiger partial charge on any atom is 0.314 e. The Hall–Kier alpha value is -2.96. The monoisotopic (exact) mass is 316 g/mol. The van der Waals surface area contributed by atoms with E-state index in [9.17, 15) is 18.8 Å². The largest absolute Gasteiger partial charge is 0.457 e. The molecule has 1 unspecified atom stereocenters. The molecule has 0 saturated carbocycles. The molecule has 0 aliphatic carbocycles. The van der Waals surface area contributed by atoms with E-state index in [1.807, 2.05) is 0 Å². The standard InChI is InChI=1S/C16H13FN2O4/c17-9-3-4-10-11(7-15(21)19-13(10)6-9)16(22)23-8-14(20)12-2-1-5-18-12/h1-6,11,18H,7-8H2,(H,19,21). The van der Waals surface area contributed by atoms with Crippen LogP contribution in [0.3, 0.4) is 0 Å². The number of carbonyl (C=O) groups is 3. The highest BCUT2D eigenvalue weighted by Gasteiger charge is 2.32. The number of aromatic nitrogens is 1. The second kappa shape index (κ2) is 6.04. The smallest absolute Gasteiger partial charge is 0.314 e. The molecule has 1 atom stereocenters. The molecule has 0 saturated heterocycles. The van der Waals surface area contributed by atoms with Crippen LogP contribution in [0.1, 0.15) is 28.4 Å². The lowest BCUT2D eigenvalue weighted by Crippen LogP contribution is -2.29. The maximum atomic E-state index is 13.2. The number of ketones is 1. The van der Waals surface area contributed by atoms with Gasteiger partial charge in [-0.25, -0.2) is 4.39 Å². The summed E-state index contributed by atoms with van der Waals surface area (Å²) < 4.78 is 18.3. The average molecular weight is 316 g/mol. The summed E-state index contributed by atoms with van der Waals surface area (Å²) in [4.78, 5) is 38.4. The molecule has 23 heavy (non-hydrogen) atoms. The third-order valence-electron chi connectivity index (χ3n) is 3.58. The van der Waals surface area contributed by atoms with E-state index < -0.39 is 30.2 Å². The molecule has 2 aromatic rings. The van der Waals surface area contributed by atoms with Crippen LogP contribution in [-0.2, 0) is 14.3 Å². The lowest BCUT2D eigenvalue weighted by molar-refractivity contribution is -0.145. The Balaban J connectivity index is 1.73. The first-order valence-corrected chi connectivity index (χ1v) is 6.97. The van der Waals surface area contributed by atoms with Crippen molar-refractivity contribution in [2.45, 2.75) is 12.3 Å². The quantitative estimate of drug-likeness (QED) is 0.667. The van der Waals surface area contributed by atoms with E-state index in [-0.39, 0.29) is 17.9 Å². The van der Waals surface area contributed by atoms with Crippen LogP contribution in [0.2, 0.25) is 0 Å². The van der Waals surface area contributed by atoms with Gasteiger partial charge in [0, 0.05) is 18.3 Å². The predicted molar refractivity (Wildman–Crippen MR) is 78.5 cm³/mol. The summed E-state index contributed by atoms with van der Waals surface area (Å²) in [6.45, 7) is -0.423. The zero-order valence-electron chi connectivity index (χ0n) is 12.0. The van der Waals surface area contributed by atoms with Crippen LogP contribution in [0.4, 0.5) is 10.1 Å². The van der Waals surface area contributed by atoms with Gasteiger partial charge in [0.25, 0.3) is 0 Å². The summed E-state index contributed by atoms with van der Waals surface area (Å²) in [5.41, 5.74) is 1.06.